The number of hydrogen-bond acceptors (Lipinski definition) is 2. The minimum atomic E-state index is 0.931. The summed E-state index contributed by atoms with van der Waals surface area (Å²) in [6, 6.07) is 8.08. The van der Waals surface area contributed by atoms with Crippen LogP contribution in [0.25, 0.3) is 6.08 Å². The Hall–Kier alpha value is -1.28. The first kappa shape index (κ1) is 13.8. The highest BCUT2D eigenvalue weighted by Gasteiger charge is 1.97. The minimum Gasteiger partial charge on any atom is -0.496 e. The number of rotatable bonds is 7. The van der Waals surface area contributed by atoms with Gasteiger partial charge in [0.15, 0.2) is 0 Å². The van der Waals surface area contributed by atoms with Crippen molar-refractivity contribution in [3.8, 4) is 5.75 Å². The fraction of sp³-hybridized carbons (Fsp3) is 0.467. The van der Waals surface area contributed by atoms with Crippen LogP contribution in [-0.2, 0) is 0 Å². The Morgan fingerprint density at radius 3 is 2.76 bits per heavy atom. The van der Waals surface area contributed by atoms with Crippen molar-refractivity contribution in [2.24, 2.45) is 0 Å². The van der Waals surface area contributed by atoms with Gasteiger partial charge in [0.05, 0.1) is 7.11 Å². The average Bonchev–Trinajstić information content (AvgIpc) is 2.37. The molecule has 0 spiro atoms. The second kappa shape index (κ2) is 7.91. The van der Waals surface area contributed by atoms with Crippen molar-refractivity contribution in [1.82, 2.24) is 4.90 Å². The summed E-state index contributed by atoms with van der Waals surface area (Å²) in [7, 11) is 3.86. The third-order valence-electron chi connectivity index (χ3n) is 2.75. The van der Waals surface area contributed by atoms with Gasteiger partial charge >= 0.3 is 0 Å². The first-order chi connectivity index (χ1) is 8.27. The summed E-state index contributed by atoms with van der Waals surface area (Å²) >= 11 is 0. The maximum Gasteiger partial charge on any atom is 0.126 e. The lowest BCUT2D eigenvalue weighted by Gasteiger charge is -2.13. The molecule has 1 rings (SSSR count). The third-order valence-corrected chi connectivity index (χ3v) is 2.75. The van der Waals surface area contributed by atoms with E-state index >= 15 is 0 Å². The number of nitrogens with zero attached hydrogens (tertiary/aromatic N) is 1. The maximum atomic E-state index is 5.30. The van der Waals surface area contributed by atoms with E-state index in [4.69, 9.17) is 4.74 Å². The number of para-hydroxylation sites is 1. The lowest BCUT2D eigenvalue weighted by Crippen LogP contribution is -2.19. The highest BCUT2D eigenvalue weighted by molar-refractivity contribution is 5.57. The molecule has 0 amide bonds. The van der Waals surface area contributed by atoms with Crippen LogP contribution in [0.5, 0.6) is 5.75 Å². The van der Waals surface area contributed by atoms with E-state index < -0.39 is 0 Å². The summed E-state index contributed by atoms with van der Waals surface area (Å²) in [5.74, 6) is 0.931. The number of methoxy groups -OCH3 is 1. The monoisotopic (exact) mass is 233 g/mol. The fourth-order valence-corrected chi connectivity index (χ4v) is 1.68. The Morgan fingerprint density at radius 1 is 1.29 bits per heavy atom. The number of benzene rings is 1. The number of unbranched alkanes of at least 4 members (excludes halogenated alkanes) is 1. The van der Waals surface area contributed by atoms with Gasteiger partial charge in [0.2, 0.25) is 0 Å². The molecule has 0 N–H and O–H groups in total. The second-order valence-electron chi connectivity index (χ2n) is 4.26. The van der Waals surface area contributed by atoms with E-state index in [0.717, 1.165) is 24.4 Å². The predicted octanol–water partition coefficient (Wildman–Crippen LogP) is 3.44. The first-order valence-corrected chi connectivity index (χ1v) is 6.26. The zero-order valence-corrected chi connectivity index (χ0v) is 11.1. The van der Waals surface area contributed by atoms with Gasteiger partial charge in [0, 0.05) is 12.1 Å². The van der Waals surface area contributed by atoms with Crippen molar-refractivity contribution >= 4 is 6.08 Å². The Kier molecular flexibility index (Phi) is 6.41. The largest absolute Gasteiger partial charge is 0.496 e. The summed E-state index contributed by atoms with van der Waals surface area (Å²) in [6.45, 7) is 4.36. The van der Waals surface area contributed by atoms with Crippen LogP contribution in [-0.4, -0.2) is 32.1 Å². The van der Waals surface area contributed by atoms with Gasteiger partial charge in [-0.1, -0.05) is 43.7 Å². The van der Waals surface area contributed by atoms with Crippen LogP contribution in [0.2, 0.25) is 0 Å². The predicted molar refractivity (Wildman–Crippen MR) is 74.4 cm³/mol. The van der Waals surface area contributed by atoms with Crippen molar-refractivity contribution < 1.29 is 4.74 Å². The van der Waals surface area contributed by atoms with Crippen molar-refractivity contribution in [2.45, 2.75) is 19.8 Å². The number of likely N-dealkylation sites (N-methyl/N-ethyl adjacent to an activating group) is 1. The summed E-state index contributed by atoms with van der Waals surface area (Å²) in [4.78, 5) is 2.33. The summed E-state index contributed by atoms with van der Waals surface area (Å²) < 4.78 is 5.30. The normalized spacial score (nSPS) is 11.3. The van der Waals surface area contributed by atoms with Gasteiger partial charge < -0.3 is 9.64 Å². The zero-order valence-electron chi connectivity index (χ0n) is 11.1. The zero-order chi connectivity index (χ0) is 12.5. The topological polar surface area (TPSA) is 12.5 Å². The van der Waals surface area contributed by atoms with E-state index in [1.54, 1.807) is 7.11 Å². The molecule has 0 saturated carbocycles. The van der Waals surface area contributed by atoms with E-state index in [1.807, 2.05) is 18.2 Å². The van der Waals surface area contributed by atoms with Crippen LogP contribution in [0.4, 0.5) is 0 Å². The van der Waals surface area contributed by atoms with Gasteiger partial charge in [-0.25, -0.2) is 0 Å². The molecule has 2 nitrogen and oxygen atoms in total. The molecule has 0 bridgehead atoms. The smallest absolute Gasteiger partial charge is 0.126 e. The molecule has 1 aromatic carbocycles. The van der Waals surface area contributed by atoms with Crippen LogP contribution in [0.15, 0.2) is 30.3 Å². The van der Waals surface area contributed by atoms with E-state index in [-0.39, 0.29) is 0 Å². The van der Waals surface area contributed by atoms with Crippen LogP contribution in [0, 0.1) is 0 Å². The molecular weight excluding hydrogens is 210 g/mol. The van der Waals surface area contributed by atoms with E-state index in [2.05, 4.69) is 37.1 Å². The van der Waals surface area contributed by atoms with Gasteiger partial charge in [0.25, 0.3) is 0 Å². The summed E-state index contributed by atoms with van der Waals surface area (Å²) in [6.07, 6.45) is 6.83. The second-order valence-corrected chi connectivity index (χ2v) is 4.26. The molecule has 94 valence electrons. The molecule has 0 aliphatic heterocycles. The lowest BCUT2D eigenvalue weighted by atomic mass is 10.2. The van der Waals surface area contributed by atoms with E-state index in [9.17, 15) is 0 Å². The Balaban J connectivity index is 2.47. The van der Waals surface area contributed by atoms with Crippen LogP contribution >= 0.6 is 0 Å². The van der Waals surface area contributed by atoms with Gasteiger partial charge in [0.1, 0.15) is 5.75 Å². The van der Waals surface area contributed by atoms with Crippen molar-refractivity contribution in [3.05, 3.63) is 35.9 Å². The molecule has 0 heterocycles. The number of hydrogen-bond donors (Lipinski definition) is 0. The minimum absolute atomic E-state index is 0.931. The molecule has 0 atom stereocenters. The molecule has 0 aliphatic rings. The van der Waals surface area contributed by atoms with Crippen LogP contribution < -0.4 is 4.74 Å². The van der Waals surface area contributed by atoms with Gasteiger partial charge in [-0.2, -0.15) is 0 Å². The molecule has 0 unspecified atom stereocenters. The molecular formula is C15H23NO. The highest BCUT2D eigenvalue weighted by atomic mass is 16.5. The van der Waals surface area contributed by atoms with E-state index in [0.29, 0.717) is 0 Å². The van der Waals surface area contributed by atoms with Crippen molar-refractivity contribution in [1.29, 1.82) is 0 Å². The van der Waals surface area contributed by atoms with Crippen molar-refractivity contribution in [3.63, 3.8) is 0 Å². The number of ether oxygens (including phenoxy) is 1. The van der Waals surface area contributed by atoms with Gasteiger partial charge in [-0.15, -0.1) is 0 Å². The molecule has 2 heteroatoms. The van der Waals surface area contributed by atoms with E-state index in [1.165, 1.54) is 12.8 Å². The molecule has 0 fully saturated rings. The molecule has 1 aromatic rings. The quantitative estimate of drug-likeness (QED) is 0.715. The van der Waals surface area contributed by atoms with Crippen LogP contribution in [0.1, 0.15) is 25.3 Å². The average molecular weight is 233 g/mol. The maximum absolute atomic E-state index is 5.30. The Bertz CT molecular complexity index is 347. The first-order valence-electron chi connectivity index (χ1n) is 6.26. The third kappa shape index (κ3) is 5.05. The molecule has 0 aromatic heterocycles. The fourth-order valence-electron chi connectivity index (χ4n) is 1.68. The molecule has 17 heavy (non-hydrogen) atoms. The summed E-state index contributed by atoms with van der Waals surface area (Å²) in [5.41, 5.74) is 1.14. The standard InChI is InChI=1S/C15H23NO/c1-4-5-12-16(2)13-8-10-14-9-6-7-11-15(14)17-3/h6-11H,4-5,12-13H2,1-3H3/b10-8+. The van der Waals surface area contributed by atoms with Crippen LogP contribution in [0.3, 0.4) is 0 Å². The highest BCUT2D eigenvalue weighted by Crippen LogP contribution is 2.18. The SMILES string of the molecule is CCCCN(C)C/C=C/c1ccccc1OC. The van der Waals surface area contributed by atoms with Crippen molar-refractivity contribution in [2.75, 3.05) is 27.2 Å². The Morgan fingerprint density at radius 2 is 2.06 bits per heavy atom. The molecule has 0 radical (unpaired) electrons. The lowest BCUT2D eigenvalue weighted by molar-refractivity contribution is 0.363. The van der Waals surface area contributed by atoms with Gasteiger partial charge in [-0.3, -0.25) is 0 Å². The van der Waals surface area contributed by atoms with Gasteiger partial charge in [-0.05, 0) is 26.1 Å². The summed E-state index contributed by atoms with van der Waals surface area (Å²) in [5, 5.41) is 0. The molecule has 0 aliphatic carbocycles. The molecule has 0 saturated heterocycles. The Labute approximate surface area is 105 Å².